The molecule has 0 spiro atoms. The van der Waals surface area contributed by atoms with Crippen LogP contribution in [0.4, 0.5) is 0 Å². The predicted octanol–water partition coefficient (Wildman–Crippen LogP) is 1.75. The second-order valence-electron chi connectivity index (χ2n) is 2.72. The molecule has 74 valence electrons. The first-order valence-corrected chi connectivity index (χ1v) is 5.69. The van der Waals surface area contributed by atoms with Gasteiger partial charge in [-0.3, -0.25) is 4.79 Å². The molecule has 0 saturated carbocycles. The average Bonchev–Trinajstić information content (AvgIpc) is 2.20. The van der Waals surface area contributed by atoms with Gasteiger partial charge < -0.3 is 4.74 Å². The molecule has 0 heterocycles. The first-order chi connectivity index (χ1) is 6.83. The Morgan fingerprint density at radius 2 is 2.14 bits per heavy atom. The number of ether oxygens (including phenoxy) is 1. The standard InChI is InChI=1S/C11H13O2P/c1-2-13-11(12)8-9-14-10-6-4-3-5-7-10/h3-7,9H,2,8H2,1H3/p+1. The molecule has 0 aliphatic heterocycles. The Morgan fingerprint density at radius 1 is 1.43 bits per heavy atom. The third-order valence-corrected chi connectivity index (χ3v) is 2.69. The van der Waals surface area contributed by atoms with E-state index in [0.29, 0.717) is 21.2 Å². The molecule has 0 aliphatic carbocycles. The van der Waals surface area contributed by atoms with Gasteiger partial charge in [0.25, 0.3) is 0 Å². The lowest BCUT2D eigenvalue weighted by molar-refractivity contribution is -0.141. The van der Waals surface area contributed by atoms with Crippen LogP contribution in [0.5, 0.6) is 0 Å². The largest absolute Gasteiger partial charge is 0.466 e. The molecular weight excluding hydrogens is 195 g/mol. The summed E-state index contributed by atoms with van der Waals surface area (Å²) in [5.74, 6) is 1.82. The Balaban J connectivity index is 2.38. The number of rotatable bonds is 4. The Morgan fingerprint density at radius 3 is 2.79 bits per heavy atom. The van der Waals surface area contributed by atoms with E-state index in [-0.39, 0.29) is 5.97 Å². The maximum Gasteiger partial charge on any atom is 0.313 e. The van der Waals surface area contributed by atoms with Gasteiger partial charge in [-0.2, -0.15) is 0 Å². The van der Waals surface area contributed by atoms with E-state index >= 15 is 0 Å². The highest BCUT2D eigenvalue weighted by molar-refractivity contribution is 7.47. The first kappa shape index (κ1) is 10.9. The molecule has 0 saturated heterocycles. The van der Waals surface area contributed by atoms with Crippen LogP contribution in [0.3, 0.4) is 0 Å². The van der Waals surface area contributed by atoms with E-state index in [9.17, 15) is 4.79 Å². The van der Waals surface area contributed by atoms with Crippen LogP contribution in [0.1, 0.15) is 13.3 Å². The van der Waals surface area contributed by atoms with Crippen molar-refractivity contribution in [3.63, 3.8) is 0 Å². The van der Waals surface area contributed by atoms with Gasteiger partial charge in [0.2, 0.25) is 0 Å². The highest BCUT2D eigenvalue weighted by atomic mass is 31.1. The molecule has 1 unspecified atom stereocenters. The van der Waals surface area contributed by atoms with Crippen molar-refractivity contribution in [3.8, 4) is 0 Å². The number of hydrogen-bond donors (Lipinski definition) is 0. The number of benzene rings is 1. The molecule has 0 bridgehead atoms. The van der Waals surface area contributed by atoms with Crippen molar-refractivity contribution in [1.29, 1.82) is 0 Å². The molecular formula is C11H14O2P+. The summed E-state index contributed by atoms with van der Waals surface area (Å²) < 4.78 is 4.81. The zero-order valence-corrected chi connectivity index (χ0v) is 9.19. The van der Waals surface area contributed by atoms with Crippen LogP contribution in [0.25, 0.3) is 0 Å². The van der Waals surface area contributed by atoms with E-state index in [1.807, 2.05) is 30.9 Å². The third-order valence-electron chi connectivity index (χ3n) is 1.62. The summed E-state index contributed by atoms with van der Waals surface area (Å²) in [7, 11) is 0.576. The van der Waals surface area contributed by atoms with Crippen LogP contribution in [0.2, 0.25) is 0 Å². The van der Waals surface area contributed by atoms with Crippen LogP contribution in [0.15, 0.2) is 30.3 Å². The van der Waals surface area contributed by atoms with Crippen molar-refractivity contribution in [3.05, 3.63) is 30.3 Å². The van der Waals surface area contributed by atoms with Crippen molar-refractivity contribution < 1.29 is 9.53 Å². The minimum Gasteiger partial charge on any atom is -0.466 e. The molecule has 2 nitrogen and oxygen atoms in total. The van der Waals surface area contributed by atoms with Crippen LogP contribution in [-0.2, 0) is 9.53 Å². The Hall–Kier alpha value is -1.14. The van der Waals surface area contributed by atoms with Crippen molar-refractivity contribution in [2.24, 2.45) is 0 Å². The molecule has 14 heavy (non-hydrogen) atoms. The minimum atomic E-state index is -0.143. The normalized spacial score (nSPS) is 10.4. The molecule has 0 aliphatic rings. The van der Waals surface area contributed by atoms with E-state index in [1.54, 1.807) is 0 Å². The first-order valence-electron chi connectivity index (χ1n) is 4.62. The second-order valence-corrected chi connectivity index (χ2v) is 4.00. The van der Waals surface area contributed by atoms with Crippen molar-refractivity contribution >= 4 is 25.3 Å². The summed E-state index contributed by atoms with van der Waals surface area (Å²) in [6, 6.07) is 10.1. The van der Waals surface area contributed by atoms with Gasteiger partial charge in [-0.25, -0.2) is 0 Å². The number of esters is 1. The smallest absolute Gasteiger partial charge is 0.313 e. The Bertz CT molecular complexity index is 306. The van der Waals surface area contributed by atoms with E-state index < -0.39 is 0 Å². The summed E-state index contributed by atoms with van der Waals surface area (Å²) in [4.78, 5) is 11.0. The molecule has 0 radical (unpaired) electrons. The number of hydrogen-bond acceptors (Lipinski definition) is 2. The molecule has 0 aromatic heterocycles. The van der Waals surface area contributed by atoms with Crippen LogP contribution in [0, 0.1) is 0 Å². The lowest BCUT2D eigenvalue weighted by Gasteiger charge is -1.94. The molecule has 0 fully saturated rings. The summed E-state index contributed by atoms with van der Waals surface area (Å²) in [5, 5.41) is 1.25. The lowest BCUT2D eigenvalue weighted by atomic mass is 10.4. The van der Waals surface area contributed by atoms with Gasteiger partial charge >= 0.3 is 5.97 Å². The van der Waals surface area contributed by atoms with Gasteiger partial charge in [0.15, 0.2) is 0 Å². The average molecular weight is 209 g/mol. The van der Waals surface area contributed by atoms with Gasteiger partial charge in [0, 0.05) is 0 Å². The van der Waals surface area contributed by atoms with E-state index in [1.165, 1.54) is 5.30 Å². The summed E-state index contributed by atoms with van der Waals surface area (Å²) in [5.41, 5.74) is 0. The highest BCUT2D eigenvalue weighted by Gasteiger charge is 2.00. The topological polar surface area (TPSA) is 26.3 Å². The van der Waals surface area contributed by atoms with Crippen molar-refractivity contribution in [2.45, 2.75) is 13.3 Å². The molecule has 3 heteroatoms. The van der Waals surface area contributed by atoms with Gasteiger partial charge in [-0.05, 0) is 19.1 Å². The molecule has 1 rings (SSSR count). The summed E-state index contributed by atoms with van der Waals surface area (Å²) in [6.45, 7) is 2.28. The quantitative estimate of drug-likeness (QED) is 0.557. The summed E-state index contributed by atoms with van der Waals surface area (Å²) in [6.07, 6.45) is 0.404. The zero-order chi connectivity index (χ0) is 10.2. The molecule has 1 aromatic carbocycles. The van der Waals surface area contributed by atoms with Gasteiger partial charge in [-0.1, -0.05) is 18.2 Å². The Kier molecular flexibility index (Phi) is 4.95. The zero-order valence-electron chi connectivity index (χ0n) is 8.19. The van der Waals surface area contributed by atoms with Gasteiger partial charge in [-0.15, -0.1) is 0 Å². The van der Waals surface area contributed by atoms with Crippen molar-refractivity contribution in [1.82, 2.24) is 0 Å². The van der Waals surface area contributed by atoms with Crippen molar-refractivity contribution in [2.75, 3.05) is 6.61 Å². The van der Waals surface area contributed by atoms with Gasteiger partial charge in [0.1, 0.15) is 19.9 Å². The van der Waals surface area contributed by atoms with E-state index in [0.717, 1.165) is 0 Å². The lowest BCUT2D eigenvalue weighted by Crippen LogP contribution is -2.03. The number of carbonyl (C=O) groups is 1. The fourth-order valence-corrected chi connectivity index (χ4v) is 1.90. The molecule has 1 aromatic rings. The van der Waals surface area contributed by atoms with E-state index in [2.05, 4.69) is 12.1 Å². The predicted molar refractivity (Wildman–Crippen MR) is 61.7 cm³/mol. The maximum atomic E-state index is 11.0. The second kappa shape index (κ2) is 6.33. The summed E-state index contributed by atoms with van der Waals surface area (Å²) >= 11 is 0. The van der Waals surface area contributed by atoms with Crippen LogP contribution >= 0.6 is 8.20 Å². The van der Waals surface area contributed by atoms with Gasteiger partial charge in [0.05, 0.1) is 12.4 Å². The van der Waals surface area contributed by atoms with Crippen LogP contribution in [-0.4, -0.2) is 18.4 Å². The number of carbonyl (C=O) groups excluding carboxylic acids is 1. The SMILES string of the molecule is CCOC(=O)CC=[PH+]c1ccccc1. The Labute approximate surface area is 85.7 Å². The maximum absolute atomic E-state index is 11.0. The fourth-order valence-electron chi connectivity index (χ4n) is 1.01. The van der Waals surface area contributed by atoms with E-state index in [4.69, 9.17) is 4.74 Å². The third kappa shape index (κ3) is 4.20. The monoisotopic (exact) mass is 209 g/mol. The fraction of sp³-hybridized carbons (Fsp3) is 0.273. The molecule has 0 amide bonds. The minimum absolute atomic E-state index is 0.143. The van der Waals surface area contributed by atoms with Crippen LogP contribution < -0.4 is 5.30 Å². The molecule has 0 N–H and O–H groups in total. The molecule has 1 atom stereocenters. The highest BCUT2D eigenvalue weighted by Crippen LogP contribution is 1.97.